The summed E-state index contributed by atoms with van der Waals surface area (Å²) in [6.07, 6.45) is 2.02. The van der Waals surface area contributed by atoms with Crippen molar-refractivity contribution in [1.29, 1.82) is 0 Å². The van der Waals surface area contributed by atoms with Crippen LogP contribution in [0.3, 0.4) is 0 Å². The number of nitrogens with zero attached hydrogens (tertiary/aromatic N) is 2. The number of carbonyl (C=O) groups is 1. The fraction of sp³-hybridized carbons (Fsp3) is 0.217. The Morgan fingerprint density at radius 1 is 1.03 bits per heavy atom. The van der Waals surface area contributed by atoms with Crippen molar-refractivity contribution in [3.8, 4) is 0 Å². The third kappa shape index (κ3) is 4.11. The van der Waals surface area contributed by atoms with Gasteiger partial charge < -0.3 is 9.32 Å². The molecule has 3 aromatic rings. The van der Waals surface area contributed by atoms with Crippen LogP contribution in [0, 0.1) is 6.92 Å². The number of hydrazone groups is 1. The summed E-state index contributed by atoms with van der Waals surface area (Å²) in [5.74, 6) is 0.644. The molecule has 0 saturated heterocycles. The van der Waals surface area contributed by atoms with Crippen LogP contribution >= 0.6 is 0 Å². The molecule has 0 fully saturated rings. The van der Waals surface area contributed by atoms with Crippen molar-refractivity contribution in [2.75, 3.05) is 11.9 Å². The molecule has 0 atom stereocenters. The normalized spacial score (nSPS) is 14.8. The summed E-state index contributed by atoms with van der Waals surface area (Å²) in [5, 5.41) is 4.20. The van der Waals surface area contributed by atoms with E-state index in [1.165, 1.54) is 17.0 Å². The van der Waals surface area contributed by atoms with Crippen molar-refractivity contribution in [2.45, 2.75) is 31.1 Å². The number of benzene rings is 2. The number of nitrogens with one attached hydrogen (secondary N) is 1. The third-order valence-electron chi connectivity index (χ3n) is 5.32. The van der Waals surface area contributed by atoms with Gasteiger partial charge in [0.05, 0.1) is 10.6 Å². The first-order valence-corrected chi connectivity index (χ1v) is 11.5. The Hall–Kier alpha value is -3.39. The van der Waals surface area contributed by atoms with Crippen molar-refractivity contribution >= 4 is 27.3 Å². The number of amides is 1. The van der Waals surface area contributed by atoms with Gasteiger partial charge in [-0.2, -0.15) is 18.4 Å². The molecule has 31 heavy (non-hydrogen) atoms. The molecule has 1 heterocycles. The second-order valence-corrected chi connectivity index (χ2v) is 9.03. The van der Waals surface area contributed by atoms with Crippen LogP contribution in [0.25, 0.3) is 0 Å². The summed E-state index contributed by atoms with van der Waals surface area (Å²) in [7, 11) is -2.08. The Balaban J connectivity index is 1.64. The van der Waals surface area contributed by atoms with E-state index in [1.54, 1.807) is 32.2 Å². The maximum Gasteiger partial charge on any atom is 0.294 e. The lowest BCUT2D eigenvalue weighted by atomic mass is 9.93. The molecule has 1 aromatic heterocycles. The van der Waals surface area contributed by atoms with E-state index in [1.807, 2.05) is 30.3 Å². The van der Waals surface area contributed by atoms with E-state index in [-0.39, 0.29) is 16.6 Å². The summed E-state index contributed by atoms with van der Waals surface area (Å²) in [6, 6.07) is 17.4. The topological polar surface area (TPSA) is 92.0 Å². The molecular formula is C23H23N3O4S. The maximum absolute atomic E-state index is 13.1. The number of furan rings is 1. The van der Waals surface area contributed by atoms with E-state index in [2.05, 4.69) is 9.93 Å². The van der Waals surface area contributed by atoms with Crippen LogP contribution in [0.4, 0.5) is 5.69 Å². The molecule has 160 valence electrons. The quantitative estimate of drug-likeness (QED) is 0.613. The van der Waals surface area contributed by atoms with Gasteiger partial charge in [0.25, 0.3) is 15.9 Å². The molecule has 1 amide bonds. The third-order valence-corrected chi connectivity index (χ3v) is 6.55. The van der Waals surface area contributed by atoms with Gasteiger partial charge in [-0.25, -0.2) is 0 Å². The van der Waals surface area contributed by atoms with E-state index in [0.29, 0.717) is 35.4 Å². The number of para-hydroxylation sites is 1. The largest absolute Gasteiger partial charge is 0.455 e. The lowest BCUT2D eigenvalue weighted by Crippen LogP contribution is -2.26. The summed E-state index contributed by atoms with van der Waals surface area (Å²) in [5.41, 5.74) is 2.71. The Labute approximate surface area is 181 Å². The first-order valence-electron chi connectivity index (χ1n) is 9.97. The molecule has 4 rings (SSSR count). The van der Waals surface area contributed by atoms with Gasteiger partial charge in [0.15, 0.2) is 5.76 Å². The van der Waals surface area contributed by atoms with Crippen LogP contribution in [-0.4, -0.2) is 27.1 Å². The summed E-state index contributed by atoms with van der Waals surface area (Å²) in [6.45, 7) is 1.81. The minimum Gasteiger partial charge on any atom is -0.455 e. The number of hydrogen-bond donors (Lipinski definition) is 1. The van der Waals surface area contributed by atoms with Crippen LogP contribution in [0.15, 0.2) is 75.1 Å². The number of hydrogen-bond acceptors (Lipinski definition) is 5. The number of fused-ring (bicyclic) bond motifs is 1. The number of aryl methyl sites for hydroxylation is 1. The van der Waals surface area contributed by atoms with E-state index >= 15 is 0 Å². The van der Waals surface area contributed by atoms with E-state index in [0.717, 1.165) is 12.1 Å². The highest BCUT2D eigenvalue weighted by Crippen LogP contribution is 2.31. The SMILES string of the molecule is Cc1c(C(=O)N(C)c2ccccc2)oc2c1/C(=N/NS(=O)(=O)c1ccccc1)CCC2. The van der Waals surface area contributed by atoms with Crippen molar-refractivity contribution in [1.82, 2.24) is 4.83 Å². The number of sulfonamides is 1. The summed E-state index contributed by atoms with van der Waals surface area (Å²) >= 11 is 0. The van der Waals surface area contributed by atoms with E-state index in [9.17, 15) is 13.2 Å². The highest BCUT2D eigenvalue weighted by Gasteiger charge is 2.30. The van der Waals surface area contributed by atoms with Gasteiger partial charge in [0, 0.05) is 30.3 Å². The summed E-state index contributed by atoms with van der Waals surface area (Å²) < 4.78 is 31.0. The Kier molecular flexibility index (Phi) is 5.65. The van der Waals surface area contributed by atoms with Crippen LogP contribution in [0.5, 0.6) is 0 Å². The van der Waals surface area contributed by atoms with Crippen molar-refractivity contribution < 1.29 is 17.6 Å². The lowest BCUT2D eigenvalue weighted by Gasteiger charge is -2.16. The maximum atomic E-state index is 13.1. The second-order valence-electron chi connectivity index (χ2n) is 7.37. The fourth-order valence-corrected chi connectivity index (χ4v) is 4.52. The highest BCUT2D eigenvalue weighted by molar-refractivity contribution is 7.89. The van der Waals surface area contributed by atoms with Gasteiger partial charge in [-0.1, -0.05) is 36.4 Å². The monoisotopic (exact) mass is 437 g/mol. The molecule has 1 aliphatic rings. The molecular weight excluding hydrogens is 414 g/mol. The molecule has 0 aliphatic heterocycles. The van der Waals surface area contributed by atoms with E-state index in [4.69, 9.17) is 4.42 Å². The van der Waals surface area contributed by atoms with Crippen LogP contribution in [0.1, 0.15) is 40.3 Å². The average Bonchev–Trinajstić information content (AvgIpc) is 3.15. The lowest BCUT2D eigenvalue weighted by molar-refractivity contribution is 0.0964. The number of carbonyl (C=O) groups excluding carboxylic acids is 1. The number of anilines is 1. The Morgan fingerprint density at radius 3 is 2.35 bits per heavy atom. The van der Waals surface area contributed by atoms with Gasteiger partial charge in [0.2, 0.25) is 0 Å². The van der Waals surface area contributed by atoms with Crippen LogP contribution < -0.4 is 9.73 Å². The smallest absolute Gasteiger partial charge is 0.294 e. The minimum atomic E-state index is -3.78. The zero-order chi connectivity index (χ0) is 22.0. The zero-order valence-electron chi connectivity index (χ0n) is 17.3. The molecule has 7 nitrogen and oxygen atoms in total. The van der Waals surface area contributed by atoms with Crippen molar-refractivity contribution in [3.05, 3.63) is 83.3 Å². The van der Waals surface area contributed by atoms with Gasteiger partial charge in [-0.15, -0.1) is 0 Å². The molecule has 8 heteroatoms. The molecule has 2 aromatic carbocycles. The minimum absolute atomic E-state index is 0.139. The van der Waals surface area contributed by atoms with Crippen LogP contribution in [-0.2, 0) is 16.4 Å². The average molecular weight is 438 g/mol. The van der Waals surface area contributed by atoms with E-state index < -0.39 is 10.0 Å². The van der Waals surface area contributed by atoms with Crippen molar-refractivity contribution in [3.63, 3.8) is 0 Å². The molecule has 1 N–H and O–H groups in total. The predicted octanol–water partition coefficient (Wildman–Crippen LogP) is 3.88. The van der Waals surface area contributed by atoms with Crippen LogP contribution in [0.2, 0.25) is 0 Å². The Bertz CT molecular complexity index is 1230. The molecule has 1 aliphatic carbocycles. The molecule has 0 unspecified atom stereocenters. The van der Waals surface area contributed by atoms with Gasteiger partial charge in [0.1, 0.15) is 5.76 Å². The first-order chi connectivity index (χ1) is 14.9. The molecule has 0 spiro atoms. The van der Waals surface area contributed by atoms with Gasteiger partial charge in [-0.3, -0.25) is 4.79 Å². The van der Waals surface area contributed by atoms with Crippen molar-refractivity contribution in [2.24, 2.45) is 5.10 Å². The molecule has 0 saturated carbocycles. The fourth-order valence-electron chi connectivity index (χ4n) is 3.67. The number of rotatable bonds is 5. The van der Waals surface area contributed by atoms with Gasteiger partial charge in [-0.05, 0) is 44.0 Å². The highest BCUT2D eigenvalue weighted by atomic mass is 32.2. The predicted molar refractivity (Wildman–Crippen MR) is 119 cm³/mol. The molecule has 0 bridgehead atoms. The molecule has 0 radical (unpaired) electrons. The zero-order valence-corrected chi connectivity index (χ0v) is 18.1. The first kappa shape index (κ1) is 20.9. The summed E-state index contributed by atoms with van der Waals surface area (Å²) in [4.78, 5) is 17.1. The second kappa shape index (κ2) is 8.39. The van der Waals surface area contributed by atoms with Gasteiger partial charge >= 0.3 is 0 Å². The standard InChI is InChI=1S/C23H23N3O4S/c1-16-21-19(24-25-31(28,29)18-12-7-4-8-13-18)14-9-15-20(21)30-22(16)23(27)26(2)17-10-5-3-6-11-17/h3-8,10-13,25H,9,14-15H2,1-2H3/b24-19+. The Morgan fingerprint density at radius 2 is 1.68 bits per heavy atom.